The van der Waals surface area contributed by atoms with Gasteiger partial charge in [0.1, 0.15) is 5.82 Å². The Bertz CT molecular complexity index is 482. The molecular formula is C14H18N2OS. The Hall–Kier alpha value is -1.39. The second-order valence-corrected chi connectivity index (χ2v) is 5.48. The SMILES string of the molecule is CC(C)N(Cc1cccs1)c1cccc(CO)n1. The lowest BCUT2D eigenvalue weighted by Crippen LogP contribution is -2.30. The average Bonchev–Trinajstić information content (AvgIpc) is 2.88. The van der Waals surface area contributed by atoms with Crippen molar-refractivity contribution in [3.05, 3.63) is 46.3 Å². The normalized spacial score (nSPS) is 10.9. The summed E-state index contributed by atoms with van der Waals surface area (Å²) in [7, 11) is 0. The minimum absolute atomic E-state index is 0.0151. The molecule has 2 aromatic heterocycles. The largest absolute Gasteiger partial charge is 0.390 e. The van der Waals surface area contributed by atoms with Crippen LogP contribution in [-0.4, -0.2) is 16.1 Å². The summed E-state index contributed by atoms with van der Waals surface area (Å²) in [5, 5.41) is 11.2. The van der Waals surface area contributed by atoms with Crippen LogP contribution in [0.2, 0.25) is 0 Å². The minimum Gasteiger partial charge on any atom is -0.390 e. The van der Waals surface area contributed by atoms with Crippen molar-refractivity contribution in [2.45, 2.75) is 33.0 Å². The van der Waals surface area contributed by atoms with Crippen LogP contribution < -0.4 is 4.90 Å². The third kappa shape index (κ3) is 3.09. The van der Waals surface area contributed by atoms with Gasteiger partial charge in [-0.1, -0.05) is 12.1 Å². The molecule has 0 aliphatic rings. The first-order valence-corrected chi connectivity index (χ1v) is 6.94. The second-order valence-electron chi connectivity index (χ2n) is 4.45. The number of aromatic nitrogens is 1. The van der Waals surface area contributed by atoms with Crippen molar-refractivity contribution < 1.29 is 5.11 Å². The maximum atomic E-state index is 9.16. The van der Waals surface area contributed by atoms with Gasteiger partial charge in [0.2, 0.25) is 0 Å². The molecule has 0 aliphatic carbocycles. The molecule has 0 saturated heterocycles. The Kier molecular flexibility index (Phi) is 4.33. The molecule has 18 heavy (non-hydrogen) atoms. The van der Waals surface area contributed by atoms with Gasteiger partial charge in [0, 0.05) is 10.9 Å². The number of hydrogen-bond donors (Lipinski definition) is 1. The van der Waals surface area contributed by atoms with E-state index in [0.29, 0.717) is 11.7 Å². The Morgan fingerprint density at radius 3 is 2.72 bits per heavy atom. The van der Waals surface area contributed by atoms with Gasteiger partial charge in [-0.05, 0) is 37.4 Å². The molecule has 96 valence electrons. The predicted molar refractivity (Wildman–Crippen MR) is 75.8 cm³/mol. The fraction of sp³-hybridized carbons (Fsp3) is 0.357. The van der Waals surface area contributed by atoms with Gasteiger partial charge in [0.15, 0.2) is 0 Å². The van der Waals surface area contributed by atoms with Gasteiger partial charge in [0.25, 0.3) is 0 Å². The van der Waals surface area contributed by atoms with Crippen LogP contribution in [-0.2, 0) is 13.2 Å². The van der Waals surface area contributed by atoms with Crippen LogP contribution in [0.1, 0.15) is 24.4 Å². The smallest absolute Gasteiger partial charge is 0.129 e. The van der Waals surface area contributed by atoms with E-state index in [4.69, 9.17) is 5.11 Å². The zero-order chi connectivity index (χ0) is 13.0. The zero-order valence-electron chi connectivity index (χ0n) is 10.7. The third-order valence-electron chi connectivity index (χ3n) is 2.78. The van der Waals surface area contributed by atoms with E-state index < -0.39 is 0 Å². The zero-order valence-corrected chi connectivity index (χ0v) is 11.5. The summed E-state index contributed by atoms with van der Waals surface area (Å²) in [6, 6.07) is 10.3. The molecule has 0 amide bonds. The van der Waals surface area contributed by atoms with E-state index in [0.717, 1.165) is 12.4 Å². The molecule has 0 aromatic carbocycles. The minimum atomic E-state index is -0.0151. The van der Waals surface area contributed by atoms with Gasteiger partial charge in [-0.25, -0.2) is 4.98 Å². The van der Waals surface area contributed by atoms with Crippen LogP contribution in [0.4, 0.5) is 5.82 Å². The van der Waals surface area contributed by atoms with Gasteiger partial charge in [-0.3, -0.25) is 0 Å². The summed E-state index contributed by atoms with van der Waals surface area (Å²) in [6.07, 6.45) is 0. The summed E-state index contributed by atoms with van der Waals surface area (Å²) in [6.45, 7) is 5.15. The molecule has 0 bridgehead atoms. The number of nitrogens with zero attached hydrogens (tertiary/aromatic N) is 2. The molecule has 2 heterocycles. The molecule has 0 radical (unpaired) electrons. The van der Waals surface area contributed by atoms with Crippen molar-refractivity contribution >= 4 is 17.2 Å². The highest BCUT2D eigenvalue weighted by atomic mass is 32.1. The highest BCUT2D eigenvalue weighted by molar-refractivity contribution is 7.09. The molecule has 3 nitrogen and oxygen atoms in total. The molecular weight excluding hydrogens is 244 g/mol. The van der Waals surface area contributed by atoms with Crippen LogP contribution in [0.3, 0.4) is 0 Å². The van der Waals surface area contributed by atoms with E-state index in [-0.39, 0.29) is 6.61 Å². The van der Waals surface area contributed by atoms with Crippen molar-refractivity contribution in [2.24, 2.45) is 0 Å². The molecule has 0 aliphatic heterocycles. The average molecular weight is 262 g/mol. The molecule has 0 saturated carbocycles. The standard InChI is InChI=1S/C14H18N2OS/c1-11(2)16(9-13-6-4-8-18-13)14-7-3-5-12(10-17)15-14/h3-8,11,17H,9-10H2,1-2H3. The van der Waals surface area contributed by atoms with Crippen molar-refractivity contribution in [3.8, 4) is 0 Å². The van der Waals surface area contributed by atoms with Crippen molar-refractivity contribution in [3.63, 3.8) is 0 Å². The van der Waals surface area contributed by atoms with Gasteiger partial charge in [0.05, 0.1) is 18.8 Å². The summed E-state index contributed by atoms with van der Waals surface area (Å²) >= 11 is 1.75. The summed E-state index contributed by atoms with van der Waals surface area (Å²) < 4.78 is 0. The number of anilines is 1. The van der Waals surface area contributed by atoms with Crippen LogP contribution in [0.5, 0.6) is 0 Å². The number of pyridine rings is 1. The molecule has 2 rings (SSSR count). The van der Waals surface area contributed by atoms with Gasteiger partial charge in [-0.2, -0.15) is 0 Å². The van der Waals surface area contributed by atoms with Crippen LogP contribution in [0.25, 0.3) is 0 Å². The summed E-state index contributed by atoms with van der Waals surface area (Å²) in [5.41, 5.74) is 0.712. The molecule has 1 N–H and O–H groups in total. The first-order valence-electron chi connectivity index (χ1n) is 6.06. The van der Waals surface area contributed by atoms with E-state index in [1.165, 1.54) is 4.88 Å². The van der Waals surface area contributed by atoms with E-state index in [2.05, 4.69) is 41.2 Å². The quantitative estimate of drug-likeness (QED) is 0.899. The monoisotopic (exact) mass is 262 g/mol. The summed E-state index contributed by atoms with van der Waals surface area (Å²) in [5.74, 6) is 0.921. The number of thiophene rings is 1. The molecule has 0 fully saturated rings. The third-order valence-corrected chi connectivity index (χ3v) is 3.64. The van der Waals surface area contributed by atoms with E-state index >= 15 is 0 Å². The van der Waals surface area contributed by atoms with E-state index in [9.17, 15) is 0 Å². The second kappa shape index (κ2) is 5.98. The Balaban J connectivity index is 2.23. The number of hydrogen-bond acceptors (Lipinski definition) is 4. The van der Waals surface area contributed by atoms with Gasteiger partial charge < -0.3 is 10.0 Å². The lowest BCUT2D eigenvalue weighted by Gasteiger charge is -2.27. The fourth-order valence-electron chi connectivity index (χ4n) is 1.81. The van der Waals surface area contributed by atoms with Crippen LogP contribution in [0.15, 0.2) is 35.7 Å². The number of aliphatic hydroxyl groups is 1. The van der Waals surface area contributed by atoms with Gasteiger partial charge in [-0.15, -0.1) is 11.3 Å². The van der Waals surface area contributed by atoms with Gasteiger partial charge >= 0.3 is 0 Å². The summed E-state index contributed by atoms with van der Waals surface area (Å²) in [4.78, 5) is 8.03. The lowest BCUT2D eigenvalue weighted by atomic mass is 10.2. The molecule has 0 unspecified atom stereocenters. The van der Waals surface area contributed by atoms with Crippen LogP contribution >= 0.6 is 11.3 Å². The first kappa shape index (κ1) is 13.1. The Morgan fingerprint density at radius 1 is 1.28 bits per heavy atom. The maximum absolute atomic E-state index is 9.16. The Morgan fingerprint density at radius 2 is 2.11 bits per heavy atom. The first-order chi connectivity index (χ1) is 8.70. The molecule has 4 heteroatoms. The van der Waals surface area contributed by atoms with Crippen molar-refractivity contribution in [2.75, 3.05) is 4.90 Å². The molecule has 2 aromatic rings. The number of rotatable bonds is 5. The Labute approximate surface area is 112 Å². The fourth-order valence-corrected chi connectivity index (χ4v) is 2.52. The van der Waals surface area contributed by atoms with Crippen LogP contribution in [0, 0.1) is 0 Å². The topological polar surface area (TPSA) is 36.4 Å². The van der Waals surface area contributed by atoms with E-state index in [1.54, 1.807) is 11.3 Å². The lowest BCUT2D eigenvalue weighted by molar-refractivity contribution is 0.277. The van der Waals surface area contributed by atoms with Crippen molar-refractivity contribution in [1.82, 2.24) is 4.98 Å². The highest BCUT2D eigenvalue weighted by Gasteiger charge is 2.13. The maximum Gasteiger partial charge on any atom is 0.129 e. The number of aliphatic hydroxyl groups excluding tert-OH is 1. The molecule has 0 spiro atoms. The van der Waals surface area contributed by atoms with E-state index in [1.807, 2.05) is 18.2 Å². The predicted octanol–water partition coefficient (Wildman–Crippen LogP) is 3.05. The van der Waals surface area contributed by atoms with Crippen molar-refractivity contribution in [1.29, 1.82) is 0 Å². The molecule has 0 atom stereocenters. The highest BCUT2D eigenvalue weighted by Crippen LogP contribution is 2.20.